The number of carbonyl (C=O) groups is 2. The van der Waals surface area contributed by atoms with Gasteiger partial charge >= 0.3 is 0 Å². The van der Waals surface area contributed by atoms with Crippen molar-refractivity contribution in [3.8, 4) is 24.2 Å². The minimum atomic E-state index is -1.59. The Morgan fingerprint density at radius 1 is 0.714 bits per heavy atom. The first-order valence-electron chi connectivity index (χ1n) is 23.6. The van der Waals surface area contributed by atoms with Gasteiger partial charge in [-0.1, -0.05) is 59.1 Å². The van der Waals surface area contributed by atoms with Gasteiger partial charge in [0.2, 0.25) is 23.2 Å². The number of ether oxygens (including phenoxy) is 2. The standard InChI is InChI=1S/C27H22F3N5O2S.C21H21F2N3O2S.C6H2ClFN2/c1-32-18-13-21(30)22(33-15-18)5-3-17-2-4-20(29)19(12-17)27(16-28)23-14-26(23,38-25(31)34-27)7-6-24(36)35-8-10-37-11-9-35;1-2-14-3-4-16(23)15(11-14)21(13-22)17-12-20(17,29-19(24)25-21)6-5-18(27)26-7-9-28-10-8-26;1-9-4-2-5(8)6(7)10-3-4/h2,4,6-7,12-13,15,23H,8-11,14,16H2,(H2,31,34);1,3-6,11,17H,7-10,12-13H2,(H2,24,25);2-3H/b7-6+;6-5+;/t23-,26+,27-;17-,20+,21-;/m11./s1. The number of aromatic nitrogens is 2. The largest absolute Gasteiger partial charge is 0.378 e. The highest BCUT2D eigenvalue weighted by molar-refractivity contribution is 8.15. The fraction of sp³-hybridized carbons (Fsp3) is 0.333. The summed E-state index contributed by atoms with van der Waals surface area (Å²) in [5, 5.41) is 0.0692. The Balaban J connectivity index is 0.000000177. The van der Waals surface area contributed by atoms with Gasteiger partial charge in [0.05, 0.1) is 39.6 Å². The summed E-state index contributed by atoms with van der Waals surface area (Å²) >= 11 is 7.79. The third-order valence-electron chi connectivity index (χ3n) is 13.6. The molecule has 0 unspecified atom stereocenters. The monoisotopic (exact) mass is 1110 g/mol. The van der Waals surface area contributed by atoms with Crippen LogP contribution in [0.4, 0.5) is 37.7 Å². The maximum absolute atomic E-state index is 15.2. The molecule has 4 N–H and O–H groups in total. The number of benzene rings is 2. The zero-order chi connectivity index (χ0) is 55.1. The quantitative estimate of drug-likeness (QED) is 0.0575. The number of hydrogen-bond donors (Lipinski definition) is 2. The molecule has 2 aromatic heterocycles. The van der Waals surface area contributed by atoms with Crippen LogP contribution in [0.2, 0.25) is 5.15 Å². The van der Waals surface area contributed by atoms with Crippen molar-refractivity contribution in [2.75, 3.05) is 66.0 Å². The minimum absolute atomic E-state index is 0.00776. The zero-order valence-corrected chi connectivity index (χ0v) is 43.0. The second-order valence-electron chi connectivity index (χ2n) is 18.2. The summed E-state index contributed by atoms with van der Waals surface area (Å²) in [6, 6.07) is 10.2. The molecule has 2 amide bonds. The second kappa shape index (κ2) is 23.5. The summed E-state index contributed by atoms with van der Waals surface area (Å²) in [6.45, 7) is 15.5. The van der Waals surface area contributed by atoms with Crippen LogP contribution in [0.15, 0.2) is 95.2 Å². The van der Waals surface area contributed by atoms with Gasteiger partial charge < -0.3 is 30.7 Å². The predicted octanol–water partition coefficient (Wildman–Crippen LogP) is 8.34. The van der Waals surface area contributed by atoms with Gasteiger partial charge in [-0.25, -0.2) is 46.0 Å². The van der Waals surface area contributed by atoms with Gasteiger partial charge in [-0.05, 0) is 67.3 Å². The van der Waals surface area contributed by atoms with Crippen molar-refractivity contribution in [1.29, 1.82) is 0 Å². The zero-order valence-electron chi connectivity index (χ0n) is 40.6. The van der Waals surface area contributed by atoms with E-state index < -0.39 is 63.1 Å². The number of nitrogens with zero attached hydrogens (tertiary/aromatic N) is 8. The lowest BCUT2D eigenvalue weighted by molar-refractivity contribution is -0.130. The van der Waals surface area contributed by atoms with E-state index in [1.807, 2.05) is 0 Å². The average molecular weight is 1110 g/mol. The predicted molar refractivity (Wildman–Crippen MR) is 281 cm³/mol. The second-order valence-corrected chi connectivity index (χ2v) is 21.3. The van der Waals surface area contributed by atoms with E-state index in [-0.39, 0.29) is 61.4 Å². The van der Waals surface area contributed by atoms with Crippen molar-refractivity contribution in [1.82, 2.24) is 19.8 Å². The molecule has 6 atom stereocenters. The number of nitrogens with two attached hydrogens (primary N) is 2. The van der Waals surface area contributed by atoms with Crippen LogP contribution in [-0.2, 0) is 30.1 Å². The number of terminal acetylenes is 1. The number of fused-ring (bicyclic) bond motifs is 2. The number of rotatable bonds is 8. The molecule has 2 saturated heterocycles. The van der Waals surface area contributed by atoms with Crippen LogP contribution in [0.1, 0.15) is 40.8 Å². The molecule has 6 heterocycles. The molecule has 2 aliphatic carbocycles. The number of amides is 2. The molecular formula is C54H45ClF6N10O4S2. The maximum Gasteiger partial charge on any atom is 0.246 e. The molecule has 23 heteroatoms. The molecule has 2 aromatic carbocycles. The van der Waals surface area contributed by atoms with E-state index in [2.05, 4.69) is 47.4 Å². The van der Waals surface area contributed by atoms with Crippen molar-refractivity contribution in [3.05, 3.63) is 164 Å². The number of carbonyl (C=O) groups excluding carboxylic acids is 2. The molecule has 4 fully saturated rings. The summed E-state index contributed by atoms with van der Waals surface area (Å²) in [6.07, 6.45) is 15.3. The van der Waals surface area contributed by atoms with Crippen LogP contribution >= 0.6 is 35.1 Å². The van der Waals surface area contributed by atoms with Gasteiger partial charge in [-0.3, -0.25) is 19.6 Å². The molecule has 0 radical (unpaired) electrons. The number of thioether (sulfide) groups is 2. The summed E-state index contributed by atoms with van der Waals surface area (Å²) in [5.74, 6) is 4.05. The Morgan fingerprint density at radius 2 is 1.17 bits per heavy atom. The Bertz CT molecular complexity index is 3310. The first-order valence-corrected chi connectivity index (χ1v) is 25.6. The van der Waals surface area contributed by atoms with Crippen LogP contribution in [0.5, 0.6) is 0 Å². The van der Waals surface area contributed by atoms with Crippen molar-refractivity contribution >= 4 is 68.6 Å². The summed E-state index contributed by atoms with van der Waals surface area (Å²) in [4.78, 5) is 50.6. The Labute approximate surface area is 453 Å². The van der Waals surface area contributed by atoms with Crippen molar-refractivity contribution in [2.45, 2.75) is 33.4 Å². The van der Waals surface area contributed by atoms with E-state index in [9.17, 15) is 31.5 Å². The first kappa shape index (κ1) is 55.9. The normalized spacial score (nSPS) is 25.8. The molecule has 6 aliphatic rings. The summed E-state index contributed by atoms with van der Waals surface area (Å²) in [7, 11) is 0. The SMILES string of the molecule is C#Cc1ccc(F)c([C@@]2(CF)N=C(N)S[C@@]3(/C=C/C(=O)N4CCOCC4)C[C@H]32)c1.[C-]#[N+]c1cnc(C#Cc2ccc(F)c([C@@]3(CF)N=C(N)S[C@@]4(/C=C/C(=O)N5CCOCC5)C[C@H]43)c2)c(F)c1.[C-]#[N+]c1cnc(Cl)c(F)c1. The molecule has 10 rings (SSSR count). The fourth-order valence-corrected chi connectivity index (χ4v) is 12.2. The van der Waals surface area contributed by atoms with Crippen LogP contribution in [0, 0.1) is 72.4 Å². The lowest BCUT2D eigenvalue weighted by atomic mass is 9.84. The van der Waals surface area contributed by atoms with Gasteiger partial charge in [0.25, 0.3) is 0 Å². The number of hydrogen-bond acceptors (Lipinski definition) is 12. The molecule has 396 valence electrons. The highest BCUT2D eigenvalue weighted by atomic mass is 35.5. The van der Waals surface area contributed by atoms with Gasteiger partial charge in [0, 0.05) is 94.3 Å². The van der Waals surface area contributed by atoms with Gasteiger partial charge in [0.1, 0.15) is 53.4 Å². The number of aliphatic imine (C=N–C) groups is 2. The van der Waals surface area contributed by atoms with Crippen molar-refractivity contribution in [3.63, 3.8) is 0 Å². The number of amidine groups is 2. The van der Waals surface area contributed by atoms with Crippen LogP contribution in [0.3, 0.4) is 0 Å². The average Bonchev–Trinajstić information content (AvgIpc) is 4.39. The topological polar surface area (TPSA) is 170 Å². The molecular weight excluding hydrogens is 1070 g/mol. The smallest absolute Gasteiger partial charge is 0.246 e. The van der Waals surface area contributed by atoms with Crippen molar-refractivity contribution in [2.24, 2.45) is 33.3 Å². The number of pyridine rings is 2. The number of alkyl halides is 2. The molecule has 4 aromatic rings. The molecule has 2 saturated carbocycles. The minimum Gasteiger partial charge on any atom is -0.378 e. The summed E-state index contributed by atoms with van der Waals surface area (Å²) in [5.41, 5.74) is 10.00. The Hall–Kier alpha value is -7.31. The van der Waals surface area contributed by atoms with Gasteiger partial charge in [-0.15, -0.1) is 6.42 Å². The maximum atomic E-state index is 15.2. The van der Waals surface area contributed by atoms with Crippen LogP contribution in [0.25, 0.3) is 9.69 Å². The molecule has 0 bridgehead atoms. The fourth-order valence-electron chi connectivity index (χ4n) is 9.47. The van der Waals surface area contributed by atoms with E-state index in [1.54, 1.807) is 22.0 Å². The first-order chi connectivity index (χ1) is 37.0. The van der Waals surface area contributed by atoms with E-state index in [0.29, 0.717) is 76.6 Å². The Morgan fingerprint density at radius 3 is 1.61 bits per heavy atom. The van der Waals surface area contributed by atoms with E-state index >= 15 is 4.39 Å². The third kappa shape index (κ3) is 12.0. The van der Waals surface area contributed by atoms with Crippen molar-refractivity contribution < 1.29 is 45.4 Å². The number of halogens is 7. The van der Waals surface area contributed by atoms with E-state index in [4.69, 9.17) is 52.1 Å². The summed E-state index contributed by atoms with van der Waals surface area (Å²) < 4.78 is 95.0. The molecule has 0 spiro atoms. The van der Waals surface area contributed by atoms with Crippen LogP contribution < -0.4 is 11.5 Å². The highest BCUT2D eigenvalue weighted by Gasteiger charge is 2.68. The highest BCUT2D eigenvalue weighted by Crippen LogP contribution is 2.68. The molecule has 14 nitrogen and oxygen atoms in total. The molecule has 77 heavy (non-hydrogen) atoms. The van der Waals surface area contributed by atoms with E-state index in [1.165, 1.54) is 78.4 Å². The van der Waals surface area contributed by atoms with Crippen LogP contribution in [-0.4, -0.2) is 117 Å². The molecule has 4 aliphatic heterocycles. The lowest BCUT2D eigenvalue weighted by Crippen LogP contribution is -2.41. The number of morpholine rings is 2. The lowest BCUT2D eigenvalue weighted by Gasteiger charge is -2.34. The third-order valence-corrected chi connectivity index (χ3v) is 16.4. The van der Waals surface area contributed by atoms with E-state index in [0.717, 1.165) is 18.2 Å². The van der Waals surface area contributed by atoms with Gasteiger partial charge in [0.15, 0.2) is 15.5 Å². The van der Waals surface area contributed by atoms with Gasteiger partial charge in [-0.2, -0.15) is 0 Å². The Kier molecular flexibility index (Phi) is 17.1.